The molecular formula is C24H25BCl2. The van der Waals surface area contributed by atoms with E-state index in [-0.39, 0.29) is 6.71 Å². The first-order valence-electron chi connectivity index (χ1n) is 9.31. The maximum absolute atomic E-state index is 6.68. The van der Waals surface area contributed by atoms with Crippen molar-refractivity contribution in [1.82, 2.24) is 0 Å². The van der Waals surface area contributed by atoms with E-state index in [9.17, 15) is 0 Å². The first-order valence-corrected chi connectivity index (χ1v) is 10.1. The molecule has 3 heteroatoms. The highest BCUT2D eigenvalue weighted by Crippen LogP contribution is 2.24. The van der Waals surface area contributed by atoms with Gasteiger partial charge < -0.3 is 0 Å². The summed E-state index contributed by atoms with van der Waals surface area (Å²) in [5.41, 5.74) is 10.9. The van der Waals surface area contributed by atoms with Gasteiger partial charge in [-0.15, -0.1) is 0 Å². The van der Waals surface area contributed by atoms with Gasteiger partial charge in [0.05, 0.1) is 0 Å². The largest absolute Gasteiger partial charge is 0.242 e. The van der Waals surface area contributed by atoms with E-state index in [1.807, 2.05) is 0 Å². The van der Waals surface area contributed by atoms with Crippen LogP contribution in [0.15, 0.2) is 42.5 Å². The second kappa shape index (κ2) is 7.74. The molecule has 0 bridgehead atoms. The van der Waals surface area contributed by atoms with Crippen LogP contribution in [0.25, 0.3) is 0 Å². The third-order valence-corrected chi connectivity index (χ3v) is 6.75. The second-order valence-electron chi connectivity index (χ2n) is 7.57. The molecule has 0 fully saturated rings. The summed E-state index contributed by atoms with van der Waals surface area (Å²) in [6, 6.07) is 15.0. The maximum Gasteiger partial charge on any atom is 0.242 e. The molecule has 0 nitrogen and oxygen atoms in total. The molecule has 0 spiro atoms. The molecule has 0 saturated carbocycles. The first kappa shape index (κ1) is 20.0. The van der Waals surface area contributed by atoms with Crippen LogP contribution in [0.5, 0.6) is 0 Å². The summed E-state index contributed by atoms with van der Waals surface area (Å²) >= 11 is 13.4. The Bertz CT molecular complexity index is 944. The van der Waals surface area contributed by atoms with E-state index in [2.05, 4.69) is 84.0 Å². The van der Waals surface area contributed by atoms with Crippen molar-refractivity contribution in [3.63, 3.8) is 0 Å². The van der Waals surface area contributed by atoms with Crippen LogP contribution in [-0.4, -0.2) is 6.71 Å². The molecule has 3 aromatic carbocycles. The van der Waals surface area contributed by atoms with Gasteiger partial charge in [0.25, 0.3) is 0 Å². The van der Waals surface area contributed by atoms with E-state index in [0.717, 1.165) is 32.3 Å². The minimum Gasteiger partial charge on any atom is -0.0838 e. The molecule has 0 amide bonds. The Labute approximate surface area is 173 Å². The lowest BCUT2D eigenvalue weighted by atomic mass is 9.34. The van der Waals surface area contributed by atoms with Crippen LogP contribution in [0.1, 0.15) is 33.4 Å². The molecule has 0 aliphatic rings. The van der Waals surface area contributed by atoms with Crippen molar-refractivity contribution in [2.45, 2.75) is 41.5 Å². The second-order valence-corrected chi connectivity index (χ2v) is 8.33. The van der Waals surface area contributed by atoms with Gasteiger partial charge in [-0.1, -0.05) is 93.2 Å². The Morgan fingerprint density at radius 3 is 1.41 bits per heavy atom. The number of hydrogen-bond acceptors (Lipinski definition) is 0. The van der Waals surface area contributed by atoms with E-state index in [4.69, 9.17) is 23.2 Å². The lowest BCUT2D eigenvalue weighted by Crippen LogP contribution is -2.56. The van der Waals surface area contributed by atoms with Gasteiger partial charge in [0.2, 0.25) is 6.71 Å². The molecule has 0 unspecified atom stereocenters. The zero-order chi connectivity index (χ0) is 19.9. The van der Waals surface area contributed by atoms with E-state index in [0.29, 0.717) is 0 Å². The van der Waals surface area contributed by atoms with Crippen LogP contribution in [0.4, 0.5) is 0 Å². The minimum absolute atomic E-state index is 0.0994. The summed E-state index contributed by atoms with van der Waals surface area (Å²) in [6.45, 7) is 12.9. The lowest BCUT2D eigenvalue weighted by Gasteiger charge is -2.26. The van der Waals surface area contributed by atoms with Crippen LogP contribution in [0.3, 0.4) is 0 Å². The minimum atomic E-state index is 0.0994. The molecule has 3 aromatic rings. The SMILES string of the molecule is Cc1cc(C)c(B(c2ccccc2)c2c(C)cc(C)c(Cl)c2C)c(C)c1Cl. The summed E-state index contributed by atoms with van der Waals surface area (Å²) in [6.07, 6.45) is 0. The molecule has 0 radical (unpaired) electrons. The van der Waals surface area contributed by atoms with Crippen molar-refractivity contribution in [1.29, 1.82) is 0 Å². The highest BCUT2D eigenvalue weighted by atomic mass is 35.5. The van der Waals surface area contributed by atoms with Crippen molar-refractivity contribution in [2.75, 3.05) is 0 Å². The van der Waals surface area contributed by atoms with E-state index in [1.54, 1.807) is 0 Å². The number of aryl methyl sites for hydroxylation is 4. The van der Waals surface area contributed by atoms with Crippen LogP contribution >= 0.6 is 23.2 Å². The molecular weight excluding hydrogens is 370 g/mol. The molecule has 0 aliphatic carbocycles. The summed E-state index contributed by atoms with van der Waals surface area (Å²) in [5, 5.41) is 1.70. The summed E-state index contributed by atoms with van der Waals surface area (Å²) < 4.78 is 0. The number of benzene rings is 3. The summed E-state index contributed by atoms with van der Waals surface area (Å²) in [4.78, 5) is 0. The van der Waals surface area contributed by atoms with E-state index in [1.165, 1.54) is 27.5 Å². The molecule has 0 N–H and O–H groups in total. The van der Waals surface area contributed by atoms with Gasteiger partial charge in [0.1, 0.15) is 0 Å². The average Bonchev–Trinajstić information content (AvgIpc) is 2.64. The van der Waals surface area contributed by atoms with Gasteiger partial charge in [-0.05, 0) is 63.8 Å². The van der Waals surface area contributed by atoms with Crippen LogP contribution in [-0.2, 0) is 0 Å². The lowest BCUT2D eigenvalue weighted by molar-refractivity contribution is 1.34. The van der Waals surface area contributed by atoms with Crippen molar-refractivity contribution in [3.05, 3.63) is 85.9 Å². The normalized spacial score (nSPS) is 11.0. The average molecular weight is 395 g/mol. The van der Waals surface area contributed by atoms with Crippen molar-refractivity contribution in [2.24, 2.45) is 0 Å². The zero-order valence-electron chi connectivity index (χ0n) is 16.9. The zero-order valence-corrected chi connectivity index (χ0v) is 18.4. The molecule has 0 aromatic heterocycles. The van der Waals surface area contributed by atoms with E-state index < -0.39 is 0 Å². The fraction of sp³-hybridized carbons (Fsp3) is 0.250. The Kier molecular flexibility index (Phi) is 5.75. The Balaban J connectivity index is 2.42. The van der Waals surface area contributed by atoms with Gasteiger partial charge in [0.15, 0.2) is 0 Å². The van der Waals surface area contributed by atoms with Crippen LogP contribution in [0.2, 0.25) is 10.0 Å². The standard InChI is InChI=1S/C24H25BCl2/c1-14-12-16(3)23(26)18(5)21(14)25(20-10-8-7-9-11-20)22-15(2)13-17(4)24(27)19(22)6/h7-13H,1-6H3. The van der Waals surface area contributed by atoms with Gasteiger partial charge in [-0.2, -0.15) is 0 Å². The van der Waals surface area contributed by atoms with E-state index >= 15 is 0 Å². The maximum atomic E-state index is 6.68. The summed E-state index contributed by atoms with van der Waals surface area (Å²) in [5.74, 6) is 0. The third kappa shape index (κ3) is 3.56. The van der Waals surface area contributed by atoms with Crippen LogP contribution in [0, 0.1) is 41.5 Å². The molecule has 0 aliphatic heterocycles. The molecule has 0 saturated heterocycles. The molecule has 27 heavy (non-hydrogen) atoms. The Morgan fingerprint density at radius 2 is 1.00 bits per heavy atom. The monoisotopic (exact) mass is 394 g/mol. The third-order valence-electron chi connectivity index (χ3n) is 5.58. The molecule has 0 heterocycles. The Hall–Kier alpha value is -1.70. The highest BCUT2D eigenvalue weighted by molar-refractivity contribution is 6.96. The predicted molar refractivity (Wildman–Crippen MR) is 122 cm³/mol. The molecule has 0 atom stereocenters. The fourth-order valence-corrected chi connectivity index (χ4v) is 4.68. The molecule has 3 rings (SSSR count). The van der Waals surface area contributed by atoms with Crippen molar-refractivity contribution in [3.8, 4) is 0 Å². The van der Waals surface area contributed by atoms with Gasteiger partial charge in [-0.3, -0.25) is 0 Å². The first-order chi connectivity index (χ1) is 12.7. The van der Waals surface area contributed by atoms with Gasteiger partial charge >= 0.3 is 0 Å². The Morgan fingerprint density at radius 1 is 0.593 bits per heavy atom. The number of halogens is 2. The number of rotatable bonds is 3. The van der Waals surface area contributed by atoms with Gasteiger partial charge in [-0.25, -0.2) is 0 Å². The number of hydrogen-bond donors (Lipinski definition) is 0. The molecule has 138 valence electrons. The van der Waals surface area contributed by atoms with Crippen molar-refractivity contribution >= 4 is 46.3 Å². The van der Waals surface area contributed by atoms with Gasteiger partial charge in [0, 0.05) is 10.0 Å². The topological polar surface area (TPSA) is 0 Å². The highest BCUT2D eigenvalue weighted by Gasteiger charge is 2.30. The predicted octanol–water partition coefficient (Wildman–Crippen LogP) is 5.36. The fourth-order valence-electron chi connectivity index (χ4n) is 4.36. The summed E-state index contributed by atoms with van der Waals surface area (Å²) in [7, 11) is 0. The van der Waals surface area contributed by atoms with Crippen molar-refractivity contribution < 1.29 is 0 Å². The quantitative estimate of drug-likeness (QED) is 0.524. The smallest absolute Gasteiger partial charge is 0.0838 e. The van der Waals surface area contributed by atoms with Crippen LogP contribution < -0.4 is 16.4 Å².